The molecule has 9 heteroatoms. The highest BCUT2D eigenvalue weighted by molar-refractivity contribution is 7.92. The Bertz CT molecular complexity index is 916. The number of carbonyl (C=O) groups excluding carboxylic acids is 1. The van der Waals surface area contributed by atoms with Gasteiger partial charge in [0.15, 0.2) is 6.61 Å². The Morgan fingerprint density at radius 3 is 2.43 bits per heavy atom. The van der Waals surface area contributed by atoms with Crippen LogP contribution in [0.15, 0.2) is 47.4 Å². The maximum Gasteiger partial charge on any atom is 0.261 e. The van der Waals surface area contributed by atoms with Crippen molar-refractivity contribution in [1.82, 2.24) is 5.32 Å². The van der Waals surface area contributed by atoms with E-state index in [1.807, 2.05) is 13.8 Å². The van der Waals surface area contributed by atoms with Gasteiger partial charge in [-0.15, -0.1) is 0 Å². The van der Waals surface area contributed by atoms with Crippen molar-refractivity contribution in [1.29, 1.82) is 0 Å². The van der Waals surface area contributed by atoms with Gasteiger partial charge in [0.1, 0.15) is 11.5 Å². The van der Waals surface area contributed by atoms with Crippen molar-refractivity contribution in [3.63, 3.8) is 0 Å². The quantitative estimate of drug-likeness (QED) is 0.640. The average Bonchev–Trinajstić information content (AvgIpc) is 2.66. The molecule has 0 unspecified atom stereocenters. The standard InChI is InChI=1S/C19H23ClN2O5S/c1-4-13(2)21-19(23)12-27-15-6-8-16(9-7-15)28(24,25)22-14-5-10-18(26-3)17(20)11-14/h5-11,13,22H,4,12H2,1-3H3,(H,21,23)/t13-/m1/s1. The van der Waals surface area contributed by atoms with Crippen molar-refractivity contribution in [3.8, 4) is 11.5 Å². The first-order chi connectivity index (χ1) is 13.2. The van der Waals surface area contributed by atoms with Crippen LogP contribution in [0.4, 0.5) is 5.69 Å². The van der Waals surface area contributed by atoms with Gasteiger partial charge in [-0.05, 0) is 55.8 Å². The lowest BCUT2D eigenvalue weighted by molar-refractivity contribution is -0.123. The van der Waals surface area contributed by atoms with Gasteiger partial charge >= 0.3 is 0 Å². The summed E-state index contributed by atoms with van der Waals surface area (Å²) in [5, 5.41) is 3.08. The van der Waals surface area contributed by atoms with Crippen LogP contribution < -0.4 is 19.5 Å². The summed E-state index contributed by atoms with van der Waals surface area (Å²) in [6.45, 7) is 3.73. The first kappa shape index (κ1) is 21.8. The summed E-state index contributed by atoms with van der Waals surface area (Å²) in [5.74, 6) is 0.610. The molecule has 7 nitrogen and oxygen atoms in total. The Morgan fingerprint density at radius 1 is 1.18 bits per heavy atom. The van der Waals surface area contributed by atoms with Crippen molar-refractivity contribution in [2.45, 2.75) is 31.2 Å². The lowest BCUT2D eigenvalue weighted by Gasteiger charge is -2.13. The second-order valence-electron chi connectivity index (χ2n) is 6.09. The monoisotopic (exact) mass is 426 g/mol. The zero-order valence-corrected chi connectivity index (χ0v) is 17.4. The minimum absolute atomic E-state index is 0.0517. The fourth-order valence-electron chi connectivity index (χ4n) is 2.23. The number of nitrogens with one attached hydrogen (secondary N) is 2. The number of amides is 1. The summed E-state index contributed by atoms with van der Waals surface area (Å²) in [5.41, 5.74) is 0.313. The molecule has 0 spiro atoms. The van der Waals surface area contributed by atoms with E-state index in [1.165, 1.54) is 37.4 Å². The van der Waals surface area contributed by atoms with Crippen molar-refractivity contribution in [2.24, 2.45) is 0 Å². The SMILES string of the molecule is CC[C@@H](C)NC(=O)COc1ccc(S(=O)(=O)Nc2ccc(OC)c(Cl)c2)cc1. The molecule has 0 bridgehead atoms. The van der Waals surface area contributed by atoms with Crippen LogP contribution in [0, 0.1) is 0 Å². The summed E-state index contributed by atoms with van der Waals surface area (Å²) >= 11 is 6.02. The van der Waals surface area contributed by atoms with Crippen molar-refractivity contribution >= 4 is 33.2 Å². The molecule has 1 amide bonds. The number of methoxy groups -OCH3 is 1. The van der Waals surface area contributed by atoms with E-state index in [9.17, 15) is 13.2 Å². The van der Waals surface area contributed by atoms with Crippen LogP contribution in [-0.4, -0.2) is 34.1 Å². The van der Waals surface area contributed by atoms with Crippen molar-refractivity contribution in [2.75, 3.05) is 18.4 Å². The largest absolute Gasteiger partial charge is 0.495 e. The molecule has 0 heterocycles. The molecule has 0 saturated carbocycles. The molecule has 0 aliphatic heterocycles. The van der Waals surface area contributed by atoms with Crippen LogP contribution >= 0.6 is 11.6 Å². The second-order valence-corrected chi connectivity index (χ2v) is 8.18. The molecule has 0 aliphatic rings. The lowest BCUT2D eigenvalue weighted by Crippen LogP contribution is -2.35. The van der Waals surface area contributed by atoms with Crippen LogP contribution in [0.5, 0.6) is 11.5 Å². The summed E-state index contributed by atoms with van der Waals surface area (Å²) in [7, 11) is -2.33. The molecule has 0 aromatic heterocycles. The van der Waals surface area contributed by atoms with Crippen LogP contribution in [-0.2, 0) is 14.8 Å². The minimum atomic E-state index is -3.80. The zero-order valence-electron chi connectivity index (χ0n) is 15.9. The average molecular weight is 427 g/mol. The first-order valence-electron chi connectivity index (χ1n) is 8.63. The second kappa shape index (κ2) is 9.66. The Kier molecular flexibility index (Phi) is 7.53. The van der Waals surface area contributed by atoms with Gasteiger partial charge in [0.05, 0.1) is 22.7 Å². The summed E-state index contributed by atoms with van der Waals surface area (Å²) in [6, 6.07) is 10.4. The van der Waals surface area contributed by atoms with Crippen LogP contribution in [0.3, 0.4) is 0 Å². The van der Waals surface area contributed by atoms with Crippen molar-refractivity contribution in [3.05, 3.63) is 47.5 Å². The molecule has 1 atom stereocenters. The van der Waals surface area contributed by atoms with E-state index < -0.39 is 10.0 Å². The van der Waals surface area contributed by atoms with E-state index in [1.54, 1.807) is 12.1 Å². The molecular formula is C19H23ClN2O5S. The molecule has 2 rings (SSSR count). The first-order valence-corrected chi connectivity index (χ1v) is 10.5. The molecule has 2 aromatic carbocycles. The van der Waals surface area contributed by atoms with Gasteiger partial charge in [0.25, 0.3) is 15.9 Å². The highest BCUT2D eigenvalue weighted by Gasteiger charge is 2.15. The highest BCUT2D eigenvalue weighted by atomic mass is 35.5. The summed E-state index contributed by atoms with van der Waals surface area (Å²) < 4.78 is 37.9. The Morgan fingerprint density at radius 2 is 1.86 bits per heavy atom. The number of sulfonamides is 1. The van der Waals surface area contributed by atoms with E-state index in [4.69, 9.17) is 21.1 Å². The maximum absolute atomic E-state index is 12.5. The van der Waals surface area contributed by atoms with E-state index in [2.05, 4.69) is 10.0 Å². The van der Waals surface area contributed by atoms with Gasteiger partial charge in [-0.25, -0.2) is 8.42 Å². The third kappa shape index (κ3) is 6.03. The van der Waals surface area contributed by atoms with Gasteiger partial charge in [-0.2, -0.15) is 0 Å². The van der Waals surface area contributed by atoms with E-state index in [0.29, 0.717) is 22.2 Å². The van der Waals surface area contributed by atoms with Gasteiger partial charge in [0, 0.05) is 6.04 Å². The third-order valence-electron chi connectivity index (χ3n) is 3.93. The van der Waals surface area contributed by atoms with Crippen LogP contribution in [0.1, 0.15) is 20.3 Å². The molecule has 0 saturated heterocycles. The number of halogens is 1. The molecule has 0 fully saturated rings. The smallest absolute Gasteiger partial charge is 0.261 e. The molecule has 2 aromatic rings. The lowest BCUT2D eigenvalue weighted by atomic mass is 10.2. The molecule has 2 N–H and O–H groups in total. The van der Waals surface area contributed by atoms with Crippen LogP contribution in [0.2, 0.25) is 5.02 Å². The number of benzene rings is 2. The Labute approximate surface area is 170 Å². The topological polar surface area (TPSA) is 93.7 Å². The van der Waals surface area contributed by atoms with Gasteiger partial charge in [-0.3, -0.25) is 9.52 Å². The Balaban J connectivity index is 2.01. The maximum atomic E-state index is 12.5. The molecule has 0 radical (unpaired) electrons. The van der Waals surface area contributed by atoms with E-state index in [-0.39, 0.29) is 23.5 Å². The predicted molar refractivity (Wildman–Crippen MR) is 109 cm³/mol. The number of carbonyl (C=O) groups is 1. The number of hydrogen-bond donors (Lipinski definition) is 2. The summed E-state index contributed by atoms with van der Waals surface area (Å²) in [4.78, 5) is 11.8. The Hall–Kier alpha value is -2.45. The van der Waals surface area contributed by atoms with Gasteiger partial charge < -0.3 is 14.8 Å². The fourth-order valence-corrected chi connectivity index (χ4v) is 3.53. The van der Waals surface area contributed by atoms with Crippen molar-refractivity contribution < 1.29 is 22.7 Å². The zero-order chi connectivity index (χ0) is 20.7. The minimum Gasteiger partial charge on any atom is -0.495 e. The fraction of sp³-hybridized carbons (Fsp3) is 0.316. The van der Waals surface area contributed by atoms with Crippen LogP contribution in [0.25, 0.3) is 0 Å². The molecule has 0 aliphatic carbocycles. The number of ether oxygens (including phenoxy) is 2. The molecule has 152 valence electrons. The number of rotatable bonds is 9. The highest BCUT2D eigenvalue weighted by Crippen LogP contribution is 2.28. The van der Waals surface area contributed by atoms with Gasteiger partial charge in [-0.1, -0.05) is 18.5 Å². The van der Waals surface area contributed by atoms with Gasteiger partial charge in [0.2, 0.25) is 0 Å². The molecule has 28 heavy (non-hydrogen) atoms. The van der Waals surface area contributed by atoms with E-state index >= 15 is 0 Å². The summed E-state index contributed by atoms with van der Waals surface area (Å²) in [6.07, 6.45) is 0.824. The normalized spacial score (nSPS) is 12.1. The molecular weight excluding hydrogens is 404 g/mol. The predicted octanol–water partition coefficient (Wildman–Crippen LogP) is 3.44. The number of hydrogen-bond acceptors (Lipinski definition) is 5. The van der Waals surface area contributed by atoms with E-state index in [0.717, 1.165) is 6.42 Å². The third-order valence-corrected chi connectivity index (χ3v) is 5.62. The number of anilines is 1.